The van der Waals surface area contributed by atoms with Gasteiger partial charge in [0.15, 0.2) is 0 Å². The molecule has 0 atom stereocenters. The topological polar surface area (TPSA) is 49.4 Å². The zero-order valence-corrected chi connectivity index (χ0v) is 9.46. The van der Waals surface area contributed by atoms with Crippen LogP contribution in [0.1, 0.15) is 27.7 Å². The number of nitrogens with zero attached hydrogens (tertiary/aromatic N) is 1. The molecule has 0 radical (unpaired) electrons. The van der Waals surface area contributed by atoms with Crippen LogP contribution in [0.15, 0.2) is 0 Å². The molecule has 0 aromatic rings. The lowest BCUT2D eigenvalue weighted by Crippen LogP contribution is -2.55. The number of rotatable bonds is 2. The van der Waals surface area contributed by atoms with E-state index in [1.54, 1.807) is 4.90 Å². The highest BCUT2D eigenvalue weighted by Crippen LogP contribution is 2.14. The maximum Gasteiger partial charge on any atom is 0.226 e. The molecule has 1 heterocycles. The summed E-state index contributed by atoms with van der Waals surface area (Å²) in [5, 5.41) is 2.73. The van der Waals surface area contributed by atoms with Crippen molar-refractivity contribution in [2.24, 2.45) is 5.92 Å². The zero-order valence-electron chi connectivity index (χ0n) is 9.46. The van der Waals surface area contributed by atoms with Crippen molar-refractivity contribution in [1.82, 2.24) is 10.2 Å². The van der Waals surface area contributed by atoms with Gasteiger partial charge in [0, 0.05) is 26.6 Å². The van der Waals surface area contributed by atoms with E-state index in [0.717, 1.165) is 0 Å². The van der Waals surface area contributed by atoms with Gasteiger partial charge in [-0.05, 0) is 6.92 Å². The molecule has 1 N–H and O–H groups in total. The number of likely N-dealkylation sites (tertiary alicyclic amines) is 1. The van der Waals surface area contributed by atoms with E-state index in [4.69, 9.17) is 0 Å². The predicted molar refractivity (Wildman–Crippen MR) is 55.8 cm³/mol. The summed E-state index contributed by atoms with van der Waals surface area (Å²) in [5.41, 5.74) is 0. The van der Waals surface area contributed by atoms with Crippen molar-refractivity contribution >= 4 is 11.8 Å². The summed E-state index contributed by atoms with van der Waals surface area (Å²) in [5.74, 6) is 0.138. The molecule has 4 nitrogen and oxygen atoms in total. The quantitative estimate of drug-likeness (QED) is 0.710. The molecular formula is C10H20N2O2. The summed E-state index contributed by atoms with van der Waals surface area (Å²) in [4.78, 5) is 23.6. The number of nitrogens with one attached hydrogen (secondary N) is 1. The molecular weight excluding hydrogens is 180 g/mol. The summed E-state index contributed by atoms with van der Waals surface area (Å²) in [6.45, 7) is 9.24. The molecule has 0 aliphatic carbocycles. The lowest BCUT2D eigenvalue weighted by atomic mass is 9.99. The molecule has 1 fully saturated rings. The first kappa shape index (κ1) is 12.9. The Morgan fingerprint density at radius 1 is 1.36 bits per heavy atom. The third kappa shape index (κ3) is 3.36. The van der Waals surface area contributed by atoms with Crippen molar-refractivity contribution in [3.63, 3.8) is 0 Å². The first-order valence-electron chi connectivity index (χ1n) is 5.18. The van der Waals surface area contributed by atoms with Crippen LogP contribution in [-0.4, -0.2) is 36.3 Å². The van der Waals surface area contributed by atoms with E-state index in [9.17, 15) is 9.59 Å². The molecule has 2 amide bonds. The molecule has 4 heteroatoms. The van der Waals surface area contributed by atoms with E-state index in [2.05, 4.69) is 5.32 Å². The molecule has 0 unspecified atom stereocenters. The molecule has 0 spiro atoms. The molecule has 0 aromatic heterocycles. The van der Waals surface area contributed by atoms with E-state index in [-0.39, 0.29) is 17.7 Å². The Balaban J connectivity index is 0.000000791. The van der Waals surface area contributed by atoms with Crippen molar-refractivity contribution in [3.05, 3.63) is 0 Å². The highest BCUT2D eigenvalue weighted by molar-refractivity contribution is 5.83. The van der Waals surface area contributed by atoms with Crippen LogP contribution >= 0.6 is 0 Å². The summed E-state index contributed by atoms with van der Waals surface area (Å²) in [7, 11) is 0. The Morgan fingerprint density at radius 2 is 1.86 bits per heavy atom. The van der Waals surface area contributed by atoms with E-state index < -0.39 is 0 Å². The average molecular weight is 200 g/mol. The summed E-state index contributed by atoms with van der Waals surface area (Å²) in [6.07, 6.45) is 0. The number of amides is 2. The first-order chi connectivity index (χ1) is 6.65. The van der Waals surface area contributed by atoms with Crippen molar-refractivity contribution in [2.75, 3.05) is 19.6 Å². The molecule has 0 aromatic carbocycles. The summed E-state index contributed by atoms with van der Waals surface area (Å²) < 4.78 is 0. The molecule has 14 heavy (non-hydrogen) atoms. The Kier molecular flexibility index (Phi) is 5.92. The van der Waals surface area contributed by atoms with Gasteiger partial charge in [0.05, 0.1) is 5.92 Å². The SMILES string of the molecule is CC.CCNC(=O)C1CN(C(C)=O)C1. The van der Waals surface area contributed by atoms with E-state index in [1.165, 1.54) is 6.92 Å². The third-order valence-corrected chi connectivity index (χ3v) is 2.05. The van der Waals surface area contributed by atoms with Crippen molar-refractivity contribution in [1.29, 1.82) is 0 Å². The van der Waals surface area contributed by atoms with Gasteiger partial charge in [0.1, 0.15) is 0 Å². The largest absolute Gasteiger partial charge is 0.356 e. The fraction of sp³-hybridized carbons (Fsp3) is 0.800. The van der Waals surface area contributed by atoms with Gasteiger partial charge in [-0.2, -0.15) is 0 Å². The van der Waals surface area contributed by atoms with Gasteiger partial charge < -0.3 is 10.2 Å². The summed E-state index contributed by atoms with van der Waals surface area (Å²) in [6, 6.07) is 0. The van der Waals surface area contributed by atoms with Crippen molar-refractivity contribution in [3.8, 4) is 0 Å². The van der Waals surface area contributed by atoms with Gasteiger partial charge in [-0.1, -0.05) is 13.8 Å². The third-order valence-electron chi connectivity index (χ3n) is 2.05. The number of carbonyl (C=O) groups excluding carboxylic acids is 2. The molecule has 0 bridgehead atoms. The second kappa shape index (κ2) is 6.40. The molecule has 1 aliphatic rings. The van der Waals surface area contributed by atoms with Crippen LogP contribution in [0.3, 0.4) is 0 Å². The van der Waals surface area contributed by atoms with E-state index >= 15 is 0 Å². The monoisotopic (exact) mass is 200 g/mol. The van der Waals surface area contributed by atoms with Gasteiger partial charge in [-0.3, -0.25) is 9.59 Å². The minimum Gasteiger partial charge on any atom is -0.356 e. The fourth-order valence-electron chi connectivity index (χ4n) is 1.22. The van der Waals surface area contributed by atoms with Crippen LogP contribution in [0.25, 0.3) is 0 Å². The molecule has 82 valence electrons. The van der Waals surface area contributed by atoms with Crippen LogP contribution < -0.4 is 5.32 Å². The van der Waals surface area contributed by atoms with E-state index in [0.29, 0.717) is 19.6 Å². The Morgan fingerprint density at radius 3 is 2.21 bits per heavy atom. The highest BCUT2D eigenvalue weighted by Gasteiger charge is 2.33. The van der Waals surface area contributed by atoms with Crippen LogP contribution in [0.5, 0.6) is 0 Å². The molecule has 0 saturated carbocycles. The summed E-state index contributed by atoms with van der Waals surface area (Å²) >= 11 is 0. The second-order valence-corrected chi connectivity index (χ2v) is 3.02. The second-order valence-electron chi connectivity index (χ2n) is 3.02. The van der Waals surface area contributed by atoms with Crippen molar-refractivity contribution < 1.29 is 9.59 Å². The highest BCUT2D eigenvalue weighted by atomic mass is 16.2. The maximum absolute atomic E-state index is 11.1. The van der Waals surface area contributed by atoms with Gasteiger partial charge in [0.2, 0.25) is 11.8 Å². The van der Waals surface area contributed by atoms with Crippen molar-refractivity contribution in [2.45, 2.75) is 27.7 Å². The Labute approximate surface area is 85.7 Å². The normalized spacial score (nSPS) is 15.0. The zero-order chi connectivity index (χ0) is 11.1. The number of hydrogen-bond donors (Lipinski definition) is 1. The molecule has 1 aliphatic heterocycles. The Bertz CT molecular complexity index is 198. The minimum absolute atomic E-state index is 0.0221. The maximum atomic E-state index is 11.1. The van der Waals surface area contributed by atoms with Gasteiger partial charge >= 0.3 is 0 Å². The smallest absolute Gasteiger partial charge is 0.226 e. The van der Waals surface area contributed by atoms with Crippen LogP contribution in [-0.2, 0) is 9.59 Å². The minimum atomic E-state index is 0.0221. The lowest BCUT2D eigenvalue weighted by Gasteiger charge is -2.37. The predicted octanol–water partition coefficient (Wildman–Crippen LogP) is 0.627. The van der Waals surface area contributed by atoms with E-state index in [1.807, 2.05) is 20.8 Å². The fourth-order valence-corrected chi connectivity index (χ4v) is 1.22. The van der Waals surface area contributed by atoms with Gasteiger partial charge in [-0.25, -0.2) is 0 Å². The standard InChI is InChI=1S/C8H14N2O2.C2H6/c1-3-9-8(12)7-4-10(5-7)6(2)11;1-2/h7H,3-5H2,1-2H3,(H,9,12);1-2H3. The van der Waals surface area contributed by atoms with Crippen LogP contribution in [0.4, 0.5) is 0 Å². The number of carbonyl (C=O) groups is 2. The molecule has 1 rings (SSSR count). The van der Waals surface area contributed by atoms with Gasteiger partial charge in [-0.15, -0.1) is 0 Å². The average Bonchev–Trinajstić information content (AvgIpc) is 2.04. The number of hydrogen-bond acceptors (Lipinski definition) is 2. The molecule has 1 saturated heterocycles. The Hall–Kier alpha value is -1.06. The lowest BCUT2D eigenvalue weighted by molar-refractivity contribution is -0.141. The van der Waals surface area contributed by atoms with Crippen LogP contribution in [0, 0.1) is 5.92 Å². The van der Waals surface area contributed by atoms with Gasteiger partial charge in [0.25, 0.3) is 0 Å². The first-order valence-corrected chi connectivity index (χ1v) is 5.18. The van der Waals surface area contributed by atoms with Crippen LogP contribution in [0.2, 0.25) is 0 Å².